The Labute approximate surface area is 317 Å². The fourth-order valence-electron chi connectivity index (χ4n) is 5.90. The van der Waals surface area contributed by atoms with Crippen molar-refractivity contribution in [1.29, 1.82) is 0 Å². The summed E-state index contributed by atoms with van der Waals surface area (Å²) in [6.45, 7) is 24.8. The van der Waals surface area contributed by atoms with E-state index >= 15 is 0 Å². The second-order valence-electron chi connectivity index (χ2n) is 15.3. The van der Waals surface area contributed by atoms with Crippen molar-refractivity contribution in [1.82, 2.24) is 0 Å². The highest BCUT2D eigenvalue weighted by atomic mass is 16.5. The molecule has 0 atom stereocenters. The van der Waals surface area contributed by atoms with E-state index in [-0.39, 0.29) is 5.97 Å². The lowest BCUT2D eigenvalue weighted by Gasteiger charge is -2.04. The minimum absolute atomic E-state index is 0.101. The van der Waals surface area contributed by atoms with Gasteiger partial charge in [0.2, 0.25) is 0 Å². The fraction of sp³-hybridized carbons (Fsp3) is 0.612. The molecular formula is C49H80O2. The average molecular weight is 701 g/mol. The third-order valence-corrected chi connectivity index (χ3v) is 9.46. The molecule has 0 saturated carbocycles. The Bertz CT molecular complexity index is 1250. The number of esters is 1. The van der Waals surface area contributed by atoms with Gasteiger partial charge in [-0.1, -0.05) is 105 Å². The highest BCUT2D eigenvalue weighted by Crippen LogP contribution is 2.18. The maximum Gasteiger partial charge on any atom is 0.306 e. The topological polar surface area (TPSA) is 26.3 Å². The minimum atomic E-state index is -0.101. The van der Waals surface area contributed by atoms with Crippen LogP contribution in [0.3, 0.4) is 0 Å². The van der Waals surface area contributed by atoms with Gasteiger partial charge in [0.05, 0.1) is 6.61 Å². The van der Waals surface area contributed by atoms with Gasteiger partial charge < -0.3 is 4.74 Å². The number of ether oxygens (including phenoxy) is 1. The van der Waals surface area contributed by atoms with Crippen LogP contribution in [0.25, 0.3) is 0 Å². The van der Waals surface area contributed by atoms with Crippen LogP contribution in [0.4, 0.5) is 0 Å². The summed E-state index contributed by atoms with van der Waals surface area (Å²) in [7, 11) is 0. The molecule has 0 aliphatic heterocycles. The summed E-state index contributed by atoms with van der Waals surface area (Å²) in [5.41, 5.74) is 13.4. The van der Waals surface area contributed by atoms with Gasteiger partial charge in [-0.2, -0.15) is 0 Å². The van der Waals surface area contributed by atoms with Gasteiger partial charge in [0.15, 0.2) is 0 Å². The van der Waals surface area contributed by atoms with E-state index in [1.807, 2.05) is 6.92 Å². The lowest BCUT2D eigenvalue weighted by Crippen LogP contribution is -2.02. The minimum Gasteiger partial charge on any atom is -0.466 e. The van der Waals surface area contributed by atoms with Gasteiger partial charge in [-0.05, 0) is 185 Å². The van der Waals surface area contributed by atoms with Gasteiger partial charge in [-0.25, -0.2) is 0 Å². The van der Waals surface area contributed by atoms with Crippen molar-refractivity contribution in [3.05, 3.63) is 105 Å². The Morgan fingerprint density at radius 3 is 0.725 bits per heavy atom. The van der Waals surface area contributed by atoms with Crippen LogP contribution >= 0.6 is 0 Å². The second-order valence-corrected chi connectivity index (χ2v) is 15.3. The lowest BCUT2D eigenvalue weighted by molar-refractivity contribution is -0.143. The zero-order valence-electron chi connectivity index (χ0n) is 35.4. The molecule has 0 spiro atoms. The van der Waals surface area contributed by atoms with Crippen LogP contribution in [0.15, 0.2) is 105 Å². The molecule has 0 saturated heterocycles. The summed E-state index contributed by atoms with van der Waals surface area (Å²) in [5.74, 6) is -0.101. The predicted octanol–water partition coefficient (Wildman–Crippen LogP) is 16.1. The first-order chi connectivity index (χ1) is 24.3. The Kier molecular flexibility index (Phi) is 30.0. The summed E-state index contributed by atoms with van der Waals surface area (Å²) in [5, 5.41) is 0. The predicted molar refractivity (Wildman–Crippen MR) is 229 cm³/mol. The van der Waals surface area contributed by atoms with Crippen LogP contribution in [0.1, 0.15) is 192 Å². The molecule has 0 aromatic heterocycles. The first-order valence-electron chi connectivity index (χ1n) is 20.4. The lowest BCUT2D eigenvalue weighted by atomic mass is 10.0. The highest BCUT2D eigenvalue weighted by Gasteiger charge is 2.00. The maximum atomic E-state index is 11.5. The molecule has 51 heavy (non-hydrogen) atoms. The van der Waals surface area contributed by atoms with Crippen LogP contribution in [-0.2, 0) is 9.53 Å². The van der Waals surface area contributed by atoms with E-state index in [2.05, 4.69) is 124 Å². The molecule has 2 nitrogen and oxygen atoms in total. The quantitative estimate of drug-likeness (QED) is 0.0600. The molecule has 0 aromatic carbocycles. The monoisotopic (exact) mass is 701 g/mol. The van der Waals surface area contributed by atoms with Crippen molar-refractivity contribution in [2.45, 2.75) is 192 Å². The fourth-order valence-corrected chi connectivity index (χ4v) is 5.90. The third kappa shape index (κ3) is 32.8. The van der Waals surface area contributed by atoms with E-state index in [9.17, 15) is 4.79 Å². The van der Waals surface area contributed by atoms with Gasteiger partial charge in [0.1, 0.15) is 0 Å². The van der Waals surface area contributed by atoms with Crippen LogP contribution < -0.4 is 0 Å². The van der Waals surface area contributed by atoms with Crippen LogP contribution in [0.2, 0.25) is 0 Å². The molecule has 0 fully saturated rings. The summed E-state index contributed by atoms with van der Waals surface area (Å²) in [6.07, 6.45) is 41.1. The van der Waals surface area contributed by atoms with Crippen molar-refractivity contribution in [2.24, 2.45) is 0 Å². The molecule has 0 radical (unpaired) electrons. The number of hydrogen-bond acceptors (Lipinski definition) is 2. The van der Waals surface area contributed by atoms with Gasteiger partial charge >= 0.3 is 5.97 Å². The molecule has 2 heteroatoms. The Hall–Kier alpha value is -2.87. The smallest absolute Gasteiger partial charge is 0.306 e. The molecule has 0 N–H and O–H groups in total. The molecule has 0 aliphatic rings. The molecule has 0 unspecified atom stereocenters. The molecule has 0 rings (SSSR count). The molecule has 0 heterocycles. The summed E-state index contributed by atoms with van der Waals surface area (Å²) >= 11 is 0. The third-order valence-electron chi connectivity index (χ3n) is 9.46. The van der Waals surface area contributed by atoms with Crippen LogP contribution in [-0.4, -0.2) is 12.6 Å². The van der Waals surface area contributed by atoms with Crippen molar-refractivity contribution >= 4 is 5.97 Å². The van der Waals surface area contributed by atoms with Gasteiger partial charge in [-0.3, -0.25) is 4.79 Å². The normalized spacial score (nSPS) is 14.3. The van der Waals surface area contributed by atoms with E-state index in [0.717, 1.165) is 77.0 Å². The van der Waals surface area contributed by atoms with Crippen LogP contribution in [0.5, 0.6) is 0 Å². The van der Waals surface area contributed by atoms with E-state index in [4.69, 9.17) is 4.74 Å². The number of carbonyl (C=O) groups excluding carboxylic acids is 1. The highest BCUT2D eigenvalue weighted by molar-refractivity contribution is 5.69. The second kappa shape index (κ2) is 31.8. The SMILES string of the molecule is CCOC(=O)CC/C=C(/C)CC/C=C(/C)CC/C=C(/C)CC/C=C(/C)CC/C=C(/C)CC/C=C(/C)CC/C=C(\C)CC/C=C(\C)CCC=C(C)C. The van der Waals surface area contributed by atoms with Gasteiger partial charge in [0.25, 0.3) is 0 Å². The van der Waals surface area contributed by atoms with Crippen LogP contribution in [0, 0.1) is 0 Å². The Balaban J connectivity index is 4.23. The molecule has 288 valence electrons. The van der Waals surface area contributed by atoms with E-state index < -0.39 is 0 Å². The Morgan fingerprint density at radius 1 is 0.333 bits per heavy atom. The first-order valence-corrected chi connectivity index (χ1v) is 20.4. The van der Waals surface area contributed by atoms with Gasteiger partial charge in [0, 0.05) is 6.42 Å². The zero-order valence-corrected chi connectivity index (χ0v) is 35.4. The van der Waals surface area contributed by atoms with E-state index in [1.54, 1.807) is 0 Å². The van der Waals surface area contributed by atoms with Gasteiger partial charge in [-0.15, -0.1) is 0 Å². The molecule has 0 aliphatic carbocycles. The largest absolute Gasteiger partial charge is 0.466 e. The molecular weight excluding hydrogens is 621 g/mol. The average Bonchev–Trinajstić information content (AvgIpc) is 3.04. The zero-order chi connectivity index (χ0) is 38.3. The van der Waals surface area contributed by atoms with E-state index in [1.165, 1.54) is 82.3 Å². The first kappa shape index (κ1) is 48.1. The van der Waals surface area contributed by atoms with Crippen molar-refractivity contribution in [3.63, 3.8) is 0 Å². The standard InChI is InChI=1S/C49H80O2/c1-12-51-49(50)39-21-38-48(11)37-20-36-47(10)35-19-34-46(9)33-18-32-45(8)31-17-30-44(7)29-16-28-43(6)27-15-26-42(5)25-14-24-41(4)23-13-22-40(2)3/h22,24,26,28,30,32,34,36,38H,12-21,23,25,27,29,31,33,35,37,39H2,1-11H3/b41-24+,42-26+,43-28-,44-30-,45-32-,46-34-,47-36-,48-38-. The van der Waals surface area contributed by atoms with Crippen molar-refractivity contribution in [2.75, 3.05) is 6.61 Å². The number of carbonyl (C=O) groups is 1. The Morgan fingerprint density at radius 2 is 0.529 bits per heavy atom. The molecule has 0 bridgehead atoms. The molecule has 0 amide bonds. The number of hydrogen-bond donors (Lipinski definition) is 0. The molecule has 0 aromatic rings. The number of allylic oxidation sites excluding steroid dienone is 18. The summed E-state index contributed by atoms with van der Waals surface area (Å²) in [6, 6.07) is 0. The number of rotatable bonds is 28. The van der Waals surface area contributed by atoms with E-state index in [0.29, 0.717) is 13.0 Å². The maximum absolute atomic E-state index is 11.5. The van der Waals surface area contributed by atoms with Crippen molar-refractivity contribution in [3.8, 4) is 0 Å². The summed E-state index contributed by atoms with van der Waals surface area (Å²) < 4.78 is 4.99. The van der Waals surface area contributed by atoms with Crippen molar-refractivity contribution < 1.29 is 9.53 Å². The summed E-state index contributed by atoms with van der Waals surface area (Å²) in [4.78, 5) is 11.5.